The summed E-state index contributed by atoms with van der Waals surface area (Å²) in [5.41, 5.74) is -0.419. The van der Waals surface area contributed by atoms with Crippen LogP contribution in [-0.2, 0) is 4.74 Å². The molecule has 0 aromatic rings. The Morgan fingerprint density at radius 3 is 2.55 bits per heavy atom. The van der Waals surface area contributed by atoms with Gasteiger partial charge in [-0.15, -0.1) is 0 Å². The number of ether oxygens (including phenoxy) is 1. The highest BCUT2D eigenvalue weighted by Gasteiger charge is 2.20. The molecule has 0 atom stereocenters. The van der Waals surface area contributed by atoms with E-state index in [-0.39, 0.29) is 6.09 Å². The lowest BCUT2D eigenvalue weighted by Gasteiger charge is -2.27. The average molecular weight is 285 g/mol. The first kappa shape index (κ1) is 17.2. The first-order valence-electron chi connectivity index (χ1n) is 7.84. The van der Waals surface area contributed by atoms with E-state index in [0.29, 0.717) is 12.6 Å². The van der Waals surface area contributed by atoms with Gasteiger partial charge < -0.3 is 20.3 Å². The lowest BCUT2D eigenvalue weighted by atomic mass is 10.1. The lowest BCUT2D eigenvalue weighted by Crippen LogP contribution is -2.41. The molecule has 1 saturated heterocycles. The molecule has 0 aromatic heterocycles. The fourth-order valence-corrected chi connectivity index (χ4v) is 2.31. The number of rotatable bonds is 6. The van der Waals surface area contributed by atoms with E-state index >= 15 is 0 Å². The number of nitrogens with zero attached hydrogens (tertiary/aromatic N) is 1. The Labute approximate surface area is 123 Å². The van der Waals surface area contributed by atoms with Crippen molar-refractivity contribution in [3.8, 4) is 0 Å². The molecule has 1 aliphatic heterocycles. The van der Waals surface area contributed by atoms with Crippen LogP contribution in [0.5, 0.6) is 0 Å². The molecule has 1 aliphatic rings. The fourth-order valence-electron chi connectivity index (χ4n) is 2.31. The van der Waals surface area contributed by atoms with Gasteiger partial charge >= 0.3 is 6.09 Å². The maximum absolute atomic E-state index is 12.0. The van der Waals surface area contributed by atoms with Gasteiger partial charge in [0.2, 0.25) is 0 Å². The Kier molecular flexibility index (Phi) is 7.30. The first-order chi connectivity index (χ1) is 9.42. The van der Waals surface area contributed by atoms with Crippen LogP contribution in [0, 0.1) is 0 Å². The molecule has 20 heavy (non-hydrogen) atoms. The van der Waals surface area contributed by atoms with Crippen LogP contribution in [-0.4, -0.2) is 55.4 Å². The Hall–Kier alpha value is -0.810. The zero-order chi connectivity index (χ0) is 15.0. The van der Waals surface area contributed by atoms with Crippen LogP contribution in [0.1, 0.15) is 47.0 Å². The van der Waals surface area contributed by atoms with Crippen LogP contribution in [0.15, 0.2) is 0 Å². The standard InChI is InChI=1S/C15H31N3O2/c1-5-18(14(19)20-15(2,3)4)12-6-9-17-13-7-10-16-11-8-13/h13,16-17H,5-12H2,1-4H3. The zero-order valence-electron chi connectivity index (χ0n) is 13.5. The van der Waals surface area contributed by atoms with Crippen molar-refractivity contribution in [2.75, 3.05) is 32.7 Å². The minimum absolute atomic E-state index is 0.207. The summed E-state index contributed by atoms with van der Waals surface area (Å²) in [4.78, 5) is 13.7. The van der Waals surface area contributed by atoms with E-state index in [1.165, 1.54) is 12.8 Å². The van der Waals surface area contributed by atoms with Crippen molar-refractivity contribution >= 4 is 6.09 Å². The summed E-state index contributed by atoms with van der Waals surface area (Å²) >= 11 is 0. The van der Waals surface area contributed by atoms with Crippen molar-refractivity contribution in [3.05, 3.63) is 0 Å². The molecular weight excluding hydrogens is 254 g/mol. The van der Waals surface area contributed by atoms with Crippen LogP contribution < -0.4 is 10.6 Å². The molecule has 0 spiro atoms. The smallest absolute Gasteiger partial charge is 0.410 e. The van der Waals surface area contributed by atoms with Gasteiger partial charge in [-0.2, -0.15) is 0 Å². The Balaban J connectivity index is 2.18. The number of amides is 1. The quantitative estimate of drug-likeness (QED) is 0.733. The number of hydrogen-bond donors (Lipinski definition) is 2. The largest absolute Gasteiger partial charge is 0.444 e. The topological polar surface area (TPSA) is 53.6 Å². The summed E-state index contributed by atoms with van der Waals surface area (Å²) < 4.78 is 5.40. The summed E-state index contributed by atoms with van der Waals surface area (Å²) in [6.07, 6.45) is 3.16. The van der Waals surface area contributed by atoms with Crippen LogP contribution in [0.2, 0.25) is 0 Å². The summed E-state index contributed by atoms with van der Waals surface area (Å²) in [6, 6.07) is 0.632. The van der Waals surface area contributed by atoms with Gasteiger partial charge in [0.05, 0.1) is 0 Å². The molecule has 0 radical (unpaired) electrons. The summed E-state index contributed by atoms with van der Waals surface area (Å²) in [5.74, 6) is 0. The average Bonchev–Trinajstić information content (AvgIpc) is 2.38. The SMILES string of the molecule is CCN(CCCNC1CCNCC1)C(=O)OC(C)(C)C. The minimum Gasteiger partial charge on any atom is -0.444 e. The number of carbonyl (C=O) groups is 1. The second-order valence-corrected chi connectivity index (χ2v) is 6.39. The van der Waals surface area contributed by atoms with E-state index in [2.05, 4.69) is 10.6 Å². The van der Waals surface area contributed by atoms with Crippen molar-refractivity contribution < 1.29 is 9.53 Å². The van der Waals surface area contributed by atoms with Gasteiger partial charge in [-0.05, 0) is 66.6 Å². The van der Waals surface area contributed by atoms with E-state index in [1.807, 2.05) is 27.7 Å². The van der Waals surface area contributed by atoms with Crippen molar-refractivity contribution in [1.82, 2.24) is 15.5 Å². The number of piperidine rings is 1. The molecule has 1 fully saturated rings. The molecule has 0 saturated carbocycles. The maximum atomic E-state index is 12.0. The number of nitrogens with one attached hydrogen (secondary N) is 2. The molecule has 1 rings (SSSR count). The normalized spacial score (nSPS) is 17.0. The number of carbonyl (C=O) groups excluding carboxylic acids is 1. The van der Waals surface area contributed by atoms with Crippen molar-refractivity contribution in [1.29, 1.82) is 0 Å². The van der Waals surface area contributed by atoms with E-state index < -0.39 is 5.60 Å². The molecule has 118 valence electrons. The van der Waals surface area contributed by atoms with E-state index in [9.17, 15) is 4.79 Å². The monoisotopic (exact) mass is 285 g/mol. The maximum Gasteiger partial charge on any atom is 0.410 e. The predicted octanol–water partition coefficient (Wildman–Crippen LogP) is 1.98. The molecule has 1 amide bonds. The molecule has 0 bridgehead atoms. The van der Waals surface area contributed by atoms with E-state index in [1.54, 1.807) is 4.90 Å². The number of hydrogen-bond acceptors (Lipinski definition) is 4. The van der Waals surface area contributed by atoms with Gasteiger partial charge in [0, 0.05) is 19.1 Å². The van der Waals surface area contributed by atoms with E-state index in [4.69, 9.17) is 4.74 Å². The third-order valence-electron chi connectivity index (χ3n) is 3.41. The van der Waals surface area contributed by atoms with Crippen LogP contribution in [0.25, 0.3) is 0 Å². The second-order valence-electron chi connectivity index (χ2n) is 6.39. The van der Waals surface area contributed by atoms with Crippen LogP contribution in [0.3, 0.4) is 0 Å². The molecule has 5 heteroatoms. The molecule has 0 aromatic carbocycles. The van der Waals surface area contributed by atoms with Gasteiger partial charge in [0.25, 0.3) is 0 Å². The molecule has 5 nitrogen and oxygen atoms in total. The Morgan fingerprint density at radius 1 is 1.35 bits per heavy atom. The lowest BCUT2D eigenvalue weighted by molar-refractivity contribution is 0.0258. The zero-order valence-corrected chi connectivity index (χ0v) is 13.5. The molecule has 0 unspecified atom stereocenters. The third kappa shape index (κ3) is 7.10. The van der Waals surface area contributed by atoms with Crippen molar-refractivity contribution in [2.45, 2.75) is 58.6 Å². The Morgan fingerprint density at radius 2 is 2.00 bits per heavy atom. The highest BCUT2D eigenvalue weighted by Crippen LogP contribution is 2.10. The third-order valence-corrected chi connectivity index (χ3v) is 3.41. The first-order valence-corrected chi connectivity index (χ1v) is 7.84. The molecular formula is C15H31N3O2. The van der Waals surface area contributed by atoms with Crippen LogP contribution >= 0.6 is 0 Å². The van der Waals surface area contributed by atoms with Crippen LogP contribution in [0.4, 0.5) is 4.79 Å². The predicted molar refractivity (Wildman–Crippen MR) is 82.0 cm³/mol. The van der Waals surface area contributed by atoms with Gasteiger partial charge in [-0.3, -0.25) is 0 Å². The minimum atomic E-state index is -0.419. The van der Waals surface area contributed by atoms with E-state index in [0.717, 1.165) is 32.6 Å². The van der Waals surface area contributed by atoms with Crippen molar-refractivity contribution in [2.24, 2.45) is 0 Å². The van der Waals surface area contributed by atoms with Gasteiger partial charge in [-0.25, -0.2) is 4.79 Å². The highest BCUT2D eigenvalue weighted by atomic mass is 16.6. The van der Waals surface area contributed by atoms with Gasteiger partial charge in [0.1, 0.15) is 5.60 Å². The second kappa shape index (κ2) is 8.47. The van der Waals surface area contributed by atoms with Crippen molar-refractivity contribution in [3.63, 3.8) is 0 Å². The fraction of sp³-hybridized carbons (Fsp3) is 0.933. The highest BCUT2D eigenvalue weighted by molar-refractivity contribution is 5.68. The molecule has 1 heterocycles. The summed E-state index contributed by atoms with van der Waals surface area (Å²) in [5, 5.41) is 6.93. The Bertz CT molecular complexity index is 283. The van der Waals surface area contributed by atoms with Gasteiger partial charge in [0.15, 0.2) is 0 Å². The summed E-state index contributed by atoms with van der Waals surface area (Å²) in [7, 11) is 0. The molecule has 2 N–H and O–H groups in total. The summed E-state index contributed by atoms with van der Waals surface area (Å²) in [6.45, 7) is 12.3. The van der Waals surface area contributed by atoms with Gasteiger partial charge in [-0.1, -0.05) is 0 Å². The molecule has 0 aliphatic carbocycles.